The van der Waals surface area contributed by atoms with Gasteiger partial charge in [0, 0.05) is 6.61 Å². The zero-order valence-corrected chi connectivity index (χ0v) is 8.41. The van der Waals surface area contributed by atoms with Crippen molar-refractivity contribution < 1.29 is 14.3 Å². The molecule has 1 rings (SSSR count). The molecule has 0 aromatic rings. The third-order valence-electron chi connectivity index (χ3n) is 2.28. The number of Topliss-reactive ketones (excluding diaryl/α,β-unsaturated/α-hetero) is 1. The van der Waals surface area contributed by atoms with Gasteiger partial charge in [0.05, 0.1) is 0 Å². The van der Waals surface area contributed by atoms with Crippen LogP contribution >= 0.6 is 0 Å². The Bertz CT molecular complexity index is 162. The summed E-state index contributed by atoms with van der Waals surface area (Å²) in [5.74, 6) is 0.0941. The summed E-state index contributed by atoms with van der Waals surface area (Å²) in [5.41, 5.74) is 0. The summed E-state index contributed by atoms with van der Waals surface area (Å²) in [6.07, 6.45) is 3.47. The molecule has 13 heavy (non-hydrogen) atoms. The van der Waals surface area contributed by atoms with Gasteiger partial charge >= 0.3 is 0 Å². The lowest BCUT2D eigenvalue weighted by Crippen LogP contribution is -2.31. The predicted octanol–water partition coefficient (Wildman–Crippen LogP) is 1.90. The van der Waals surface area contributed by atoms with Crippen LogP contribution in [0.1, 0.15) is 39.5 Å². The number of ether oxygens (including phenoxy) is 2. The fourth-order valence-electron chi connectivity index (χ4n) is 1.48. The van der Waals surface area contributed by atoms with E-state index in [0.29, 0.717) is 0 Å². The van der Waals surface area contributed by atoms with E-state index in [1.807, 2.05) is 6.92 Å². The Morgan fingerprint density at radius 1 is 1.62 bits per heavy atom. The largest absolute Gasteiger partial charge is 0.353 e. The molecule has 3 heteroatoms. The van der Waals surface area contributed by atoms with E-state index in [0.717, 1.165) is 32.3 Å². The number of rotatable bonds is 4. The Hall–Kier alpha value is -0.410. The molecular formula is C10H18O3. The molecule has 1 aliphatic heterocycles. The lowest BCUT2D eigenvalue weighted by Gasteiger charge is -2.26. The highest BCUT2D eigenvalue weighted by molar-refractivity contribution is 5.80. The summed E-state index contributed by atoms with van der Waals surface area (Å²) in [7, 11) is 0. The van der Waals surface area contributed by atoms with Crippen molar-refractivity contribution in [2.75, 3.05) is 6.61 Å². The Balaban J connectivity index is 2.31. The Morgan fingerprint density at radius 3 is 2.85 bits per heavy atom. The van der Waals surface area contributed by atoms with Crippen LogP contribution in [0.15, 0.2) is 0 Å². The topological polar surface area (TPSA) is 35.5 Å². The second-order valence-electron chi connectivity index (χ2n) is 3.44. The number of hydrogen-bond acceptors (Lipinski definition) is 3. The summed E-state index contributed by atoms with van der Waals surface area (Å²) in [6, 6.07) is 0. The molecule has 0 saturated carbocycles. The lowest BCUT2D eigenvalue weighted by molar-refractivity contribution is -0.190. The minimum Gasteiger partial charge on any atom is -0.353 e. The normalized spacial score (nSPS) is 25.5. The molecular weight excluding hydrogens is 168 g/mol. The zero-order valence-electron chi connectivity index (χ0n) is 8.41. The van der Waals surface area contributed by atoms with Gasteiger partial charge in [-0.05, 0) is 32.6 Å². The van der Waals surface area contributed by atoms with Gasteiger partial charge < -0.3 is 9.47 Å². The molecule has 2 atom stereocenters. The summed E-state index contributed by atoms with van der Waals surface area (Å²) >= 11 is 0. The maximum absolute atomic E-state index is 11.1. The van der Waals surface area contributed by atoms with Crippen molar-refractivity contribution in [3.05, 3.63) is 0 Å². The summed E-state index contributed by atoms with van der Waals surface area (Å²) in [5, 5.41) is 0. The number of carbonyl (C=O) groups excluding carboxylic acids is 1. The first-order valence-corrected chi connectivity index (χ1v) is 5.01. The van der Waals surface area contributed by atoms with Crippen LogP contribution in [0.25, 0.3) is 0 Å². The highest BCUT2D eigenvalue weighted by Gasteiger charge is 2.21. The number of ketones is 1. The van der Waals surface area contributed by atoms with Gasteiger partial charge in [-0.1, -0.05) is 6.92 Å². The van der Waals surface area contributed by atoms with Crippen molar-refractivity contribution in [3.8, 4) is 0 Å². The molecule has 2 unspecified atom stereocenters. The Kier molecular flexibility index (Phi) is 4.39. The third kappa shape index (κ3) is 3.44. The van der Waals surface area contributed by atoms with Gasteiger partial charge in [0.1, 0.15) is 6.10 Å². The van der Waals surface area contributed by atoms with Gasteiger partial charge in [-0.15, -0.1) is 0 Å². The third-order valence-corrected chi connectivity index (χ3v) is 2.28. The first-order valence-electron chi connectivity index (χ1n) is 5.01. The van der Waals surface area contributed by atoms with Crippen LogP contribution in [0.3, 0.4) is 0 Å². The smallest absolute Gasteiger partial charge is 0.158 e. The highest BCUT2D eigenvalue weighted by Crippen LogP contribution is 2.16. The minimum atomic E-state index is -0.275. The molecule has 3 nitrogen and oxygen atoms in total. The summed E-state index contributed by atoms with van der Waals surface area (Å²) in [6.45, 7) is 4.28. The van der Waals surface area contributed by atoms with Gasteiger partial charge in [0.25, 0.3) is 0 Å². The van der Waals surface area contributed by atoms with E-state index in [2.05, 4.69) is 0 Å². The summed E-state index contributed by atoms with van der Waals surface area (Å²) < 4.78 is 10.9. The molecule has 1 fully saturated rings. The number of hydrogen-bond donors (Lipinski definition) is 0. The van der Waals surface area contributed by atoms with E-state index in [-0.39, 0.29) is 18.2 Å². The molecule has 0 bridgehead atoms. The average molecular weight is 186 g/mol. The Labute approximate surface area is 79.4 Å². The van der Waals surface area contributed by atoms with E-state index >= 15 is 0 Å². The van der Waals surface area contributed by atoms with Gasteiger partial charge in [0.2, 0.25) is 0 Å². The van der Waals surface area contributed by atoms with Crippen LogP contribution < -0.4 is 0 Å². The van der Waals surface area contributed by atoms with Gasteiger partial charge in [-0.25, -0.2) is 0 Å². The van der Waals surface area contributed by atoms with Gasteiger partial charge in [-0.2, -0.15) is 0 Å². The minimum absolute atomic E-state index is 0.0941. The van der Waals surface area contributed by atoms with Crippen molar-refractivity contribution in [1.82, 2.24) is 0 Å². The molecule has 0 amide bonds. The van der Waals surface area contributed by atoms with Crippen molar-refractivity contribution in [2.24, 2.45) is 0 Å². The molecule has 0 aromatic carbocycles. The van der Waals surface area contributed by atoms with Gasteiger partial charge in [-0.3, -0.25) is 4.79 Å². The molecule has 0 spiro atoms. The number of carbonyl (C=O) groups is 1. The van der Waals surface area contributed by atoms with E-state index in [1.54, 1.807) is 6.92 Å². The van der Waals surface area contributed by atoms with Crippen molar-refractivity contribution in [1.29, 1.82) is 0 Å². The highest BCUT2D eigenvalue weighted by atomic mass is 16.7. The van der Waals surface area contributed by atoms with Crippen LogP contribution in [0.5, 0.6) is 0 Å². The van der Waals surface area contributed by atoms with Crippen LogP contribution in [0.4, 0.5) is 0 Å². The molecule has 0 radical (unpaired) electrons. The van der Waals surface area contributed by atoms with E-state index in [4.69, 9.17) is 9.47 Å². The molecule has 76 valence electrons. The predicted molar refractivity (Wildman–Crippen MR) is 49.4 cm³/mol. The van der Waals surface area contributed by atoms with Crippen LogP contribution in [-0.2, 0) is 14.3 Å². The first-order chi connectivity index (χ1) is 6.24. The molecule has 1 saturated heterocycles. The first kappa shape index (κ1) is 10.7. The second kappa shape index (κ2) is 5.35. The lowest BCUT2D eigenvalue weighted by atomic mass is 10.2. The van der Waals surface area contributed by atoms with Gasteiger partial charge in [0.15, 0.2) is 12.1 Å². The molecule has 0 aliphatic carbocycles. The zero-order chi connectivity index (χ0) is 9.68. The van der Waals surface area contributed by atoms with Crippen LogP contribution in [0.2, 0.25) is 0 Å². The molecule has 0 aromatic heterocycles. The maximum atomic E-state index is 11.1. The molecule has 0 N–H and O–H groups in total. The maximum Gasteiger partial charge on any atom is 0.158 e. The Morgan fingerprint density at radius 2 is 2.38 bits per heavy atom. The van der Waals surface area contributed by atoms with Crippen LogP contribution in [-0.4, -0.2) is 24.8 Å². The fraction of sp³-hybridized carbons (Fsp3) is 0.900. The SMILES string of the molecule is CCC(OC1CCCCO1)C(C)=O. The fourth-order valence-corrected chi connectivity index (χ4v) is 1.48. The molecule has 1 aliphatic rings. The van der Waals surface area contributed by atoms with E-state index < -0.39 is 0 Å². The average Bonchev–Trinajstić information content (AvgIpc) is 2.15. The monoisotopic (exact) mass is 186 g/mol. The second-order valence-corrected chi connectivity index (χ2v) is 3.44. The summed E-state index contributed by atoms with van der Waals surface area (Å²) in [4.78, 5) is 11.1. The van der Waals surface area contributed by atoms with Crippen molar-refractivity contribution in [2.45, 2.75) is 51.9 Å². The van der Waals surface area contributed by atoms with E-state index in [1.165, 1.54) is 0 Å². The van der Waals surface area contributed by atoms with E-state index in [9.17, 15) is 4.79 Å². The quantitative estimate of drug-likeness (QED) is 0.672. The van der Waals surface area contributed by atoms with Crippen LogP contribution in [0, 0.1) is 0 Å². The van der Waals surface area contributed by atoms with Crippen molar-refractivity contribution >= 4 is 5.78 Å². The molecule has 1 heterocycles. The standard InChI is InChI=1S/C10H18O3/c1-3-9(8(2)11)13-10-6-4-5-7-12-10/h9-10H,3-7H2,1-2H3. The van der Waals surface area contributed by atoms with Crippen molar-refractivity contribution in [3.63, 3.8) is 0 Å².